The fourth-order valence-corrected chi connectivity index (χ4v) is 2.43. The van der Waals surface area contributed by atoms with Gasteiger partial charge < -0.3 is 5.73 Å². The molecule has 0 spiro atoms. The van der Waals surface area contributed by atoms with Crippen molar-refractivity contribution in [1.82, 2.24) is 9.97 Å². The van der Waals surface area contributed by atoms with E-state index in [-0.39, 0.29) is 6.42 Å². The highest BCUT2D eigenvalue weighted by Crippen LogP contribution is 2.29. The third-order valence-corrected chi connectivity index (χ3v) is 3.48. The fraction of sp³-hybridized carbons (Fsp3) is 0.375. The fourth-order valence-electron chi connectivity index (χ4n) is 2.43. The molecule has 0 fully saturated rings. The van der Waals surface area contributed by atoms with Crippen LogP contribution in [-0.2, 0) is 19.0 Å². The topological polar surface area (TPSA) is 51.8 Å². The molecule has 6 heteroatoms. The van der Waals surface area contributed by atoms with Gasteiger partial charge in [-0.1, -0.05) is 18.2 Å². The van der Waals surface area contributed by atoms with Crippen LogP contribution in [0, 0.1) is 13.8 Å². The van der Waals surface area contributed by atoms with Gasteiger partial charge in [-0.25, -0.2) is 9.97 Å². The van der Waals surface area contributed by atoms with Crippen LogP contribution in [0.2, 0.25) is 0 Å². The van der Waals surface area contributed by atoms with Crippen LogP contribution < -0.4 is 5.73 Å². The Morgan fingerprint density at radius 2 is 1.73 bits per heavy atom. The first-order chi connectivity index (χ1) is 10.3. The van der Waals surface area contributed by atoms with Crippen LogP contribution in [0.25, 0.3) is 0 Å². The Labute approximate surface area is 127 Å². The molecule has 0 saturated carbocycles. The molecule has 0 unspecified atom stereocenters. The summed E-state index contributed by atoms with van der Waals surface area (Å²) in [5.41, 5.74) is 8.12. The van der Waals surface area contributed by atoms with Crippen molar-refractivity contribution in [1.29, 1.82) is 0 Å². The molecule has 1 aromatic carbocycles. The van der Waals surface area contributed by atoms with Gasteiger partial charge in [0.25, 0.3) is 0 Å². The Hall–Kier alpha value is -1.95. The highest BCUT2D eigenvalue weighted by atomic mass is 19.4. The molecule has 0 saturated heterocycles. The second kappa shape index (κ2) is 6.44. The molecule has 3 nitrogen and oxygen atoms in total. The predicted octanol–water partition coefficient (Wildman–Crippen LogP) is 3.20. The summed E-state index contributed by atoms with van der Waals surface area (Å²) in [5.74, 6) is 0.523. The van der Waals surface area contributed by atoms with Gasteiger partial charge >= 0.3 is 6.18 Å². The number of aromatic nitrogens is 2. The number of alkyl halides is 3. The van der Waals surface area contributed by atoms with Crippen LogP contribution in [0.3, 0.4) is 0 Å². The average molecular weight is 309 g/mol. The van der Waals surface area contributed by atoms with E-state index in [2.05, 4.69) is 9.97 Å². The monoisotopic (exact) mass is 309 g/mol. The zero-order valence-corrected chi connectivity index (χ0v) is 12.5. The molecular formula is C16H18F3N3. The summed E-state index contributed by atoms with van der Waals surface area (Å²) in [7, 11) is 0. The normalized spacial score (nSPS) is 11.7. The van der Waals surface area contributed by atoms with Crippen molar-refractivity contribution in [3.05, 3.63) is 58.2 Å². The zero-order chi connectivity index (χ0) is 16.3. The van der Waals surface area contributed by atoms with Crippen LogP contribution in [0.5, 0.6) is 0 Å². The van der Waals surface area contributed by atoms with E-state index in [1.165, 1.54) is 6.07 Å². The Bertz CT molecular complexity index is 643. The minimum atomic E-state index is -4.34. The quantitative estimate of drug-likeness (QED) is 0.943. The number of hydrogen-bond acceptors (Lipinski definition) is 3. The van der Waals surface area contributed by atoms with Crippen LogP contribution in [0.4, 0.5) is 13.2 Å². The van der Waals surface area contributed by atoms with E-state index >= 15 is 0 Å². The smallest absolute Gasteiger partial charge is 0.330 e. The summed E-state index contributed by atoms with van der Waals surface area (Å²) in [4.78, 5) is 8.78. The van der Waals surface area contributed by atoms with Gasteiger partial charge in [-0.2, -0.15) is 13.2 Å². The van der Waals surface area contributed by atoms with E-state index in [1.807, 2.05) is 13.8 Å². The molecule has 22 heavy (non-hydrogen) atoms. The highest BCUT2D eigenvalue weighted by molar-refractivity contribution is 5.30. The average Bonchev–Trinajstić information content (AvgIpc) is 2.42. The van der Waals surface area contributed by atoms with Gasteiger partial charge in [0.2, 0.25) is 0 Å². The van der Waals surface area contributed by atoms with E-state index in [1.54, 1.807) is 6.07 Å². The van der Waals surface area contributed by atoms with Crippen molar-refractivity contribution < 1.29 is 13.2 Å². The largest absolute Gasteiger partial charge is 0.416 e. The lowest BCUT2D eigenvalue weighted by Gasteiger charge is -2.11. The minimum Gasteiger partial charge on any atom is -0.330 e. The van der Waals surface area contributed by atoms with Gasteiger partial charge in [0.15, 0.2) is 0 Å². The standard InChI is InChI=1S/C16H18F3N3/c1-10-14(6-7-20)11(2)22-15(21-10)9-12-4-3-5-13(8-12)16(17,18)19/h3-5,8H,6-7,9,20H2,1-2H3. The van der Waals surface area contributed by atoms with Crippen molar-refractivity contribution >= 4 is 0 Å². The molecule has 118 valence electrons. The second-order valence-corrected chi connectivity index (χ2v) is 5.20. The summed E-state index contributed by atoms with van der Waals surface area (Å²) in [5, 5.41) is 0. The summed E-state index contributed by atoms with van der Waals surface area (Å²) in [6, 6.07) is 5.25. The summed E-state index contributed by atoms with van der Waals surface area (Å²) >= 11 is 0. The van der Waals surface area contributed by atoms with Gasteiger partial charge in [0.1, 0.15) is 5.82 Å². The van der Waals surface area contributed by atoms with Crippen LogP contribution in [0.1, 0.15) is 33.9 Å². The Kier molecular flexibility index (Phi) is 4.81. The van der Waals surface area contributed by atoms with Gasteiger partial charge in [0.05, 0.1) is 5.56 Å². The third-order valence-electron chi connectivity index (χ3n) is 3.48. The number of benzene rings is 1. The minimum absolute atomic E-state index is 0.272. The number of halogens is 3. The lowest BCUT2D eigenvalue weighted by Crippen LogP contribution is -2.11. The molecule has 0 aliphatic carbocycles. The van der Waals surface area contributed by atoms with E-state index in [9.17, 15) is 13.2 Å². The number of rotatable bonds is 4. The van der Waals surface area contributed by atoms with Crippen molar-refractivity contribution in [3.8, 4) is 0 Å². The van der Waals surface area contributed by atoms with Gasteiger partial charge in [-0.05, 0) is 44.0 Å². The maximum atomic E-state index is 12.7. The van der Waals surface area contributed by atoms with E-state index in [0.717, 1.165) is 29.1 Å². The lowest BCUT2D eigenvalue weighted by molar-refractivity contribution is -0.137. The molecule has 2 N–H and O–H groups in total. The molecule has 0 atom stereocenters. The van der Waals surface area contributed by atoms with Crippen molar-refractivity contribution in [2.75, 3.05) is 6.54 Å². The summed E-state index contributed by atoms with van der Waals surface area (Å²) < 4.78 is 38.2. The maximum absolute atomic E-state index is 12.7. The number of nitrogens with zero attached hydrogens (tertiary/aromatic N) is 2. The van der Waals surface area contributed by atoms with Crippen molar-refractivity contribution in [2.24, 2.45) is 5.73 Å². The number of nitrogens with two attached hydrogens (primary N) is 1. The first-order valence-electron chi connectivity index (χ1n) is 7.00. The van der Waals surface area contributed by atoms with Crippen LogP contribution >= 0.6 is 0 Å². The first kappa shape index (κ1) is 16.4. The molecule has 2 aromatic rings. The van der Waals surface area contributed by atoms with Crippen LogP contribution in [-0.4, -0.2) is 16.5 Å². The molecular weight excluding hydrogens is 291 g/mol. The predicted molar refractivity (Wildman–Crippen MR) is 78.5 cm³/mol. The van der Waals surface area contributed by atoms with Gasteiger partial charge in [0, 0.05) is 17.8 Å². The Balaban J connectivity index is 2.28. The molecule has 1 aromatic heterocycles. The molecule has 0 bridgehead atoms. The maximum Gasteiger partial charge on any atom is 0.416 e. The number of hydrogen-bond donors (Lipinski definition) is 1. The van der Waals surface area contributed by atoms with Gasteiger partial charge in [-0.15, -0.1) is 0 Å². The van der Waals surface area contributed by atoms with Crippen molar-refractivity contribution in [3.63, 3.8) is 0 Å². The second-order valence-electron chi connectivity index (χ2n) is 5.20. The van der Waals surface area contributed by atoms with Gasteiger partial charge in [-0.3, -0.25) is 0 Å². The first-order valence-corrected chi connectivity index (χ1v) is 7.00. The lowest BCUT2D eigenvalue weighted by atomic mass is 10.1. The number of aryl methyl sites for hydroxylation is 2. The van der Waals surface area contributed by atoms with Crippen molar-refractivity contribution in [2.45, 2.75) is 32.9 Å². The van der Waals surface area contributed by atoms with E-state index in [0.29, 0.717) is 24.4 Å². The Morgan fingerprint density at radius 1 is 1.09 bits per heavy atom. The molecule has 0 aliphatic rings. The zero-order valence-electron chi connectivity index (χ0n) is 12.5. The highest BCUT2D eigenvalue weighted by Gasteiger charge is 2.30. The summed E-state index contributed by atoms with van der Waals surface area (Å²) in [6.07, 6.45) is -3.37. The molecule has 0 radical (unpaired) electrons. The Morgan fingerprint density at radius 3 is 2.27 bits per heavy atom. The van der Waals surface area contributed by atoms with Crippen LogP contribution in [0.15, 0.2) is 24.3 Å². The van der Waals surface area contributed by atoms with E-state index < -0.39 is 11.7 Å². The molecule has 2 rings (SSSR count). The summed E-state index contributed by atoms with van der Waals surface area (Å²) in [6.45, 7) is 4.25. The van der Waals surface area contributed by atoms with E-state index in [4.69, 9.17) is 5.73 Å². The SMILES string of the molecule is Cc1nc(Cc2cccc(C(F)(F)F)c2)nc(C)c1CCN. The molecule has 0 aliphatic heterocycles. The molecule has 0 amide bonds. The molecule has 1 heterocycles. The third kappa shape index (κ3) is 3.82.